The van der Waals surface area contributed by atoms with Crippen LogP contribution in [-0.4, -0.2) is 43.7 Å². The van der Waals surface area contributed by atoms with E-state index in [4.69, 9.17) is 10.2 Å². The van der Waals surface area contributed by atoms with Crippen molar-refractivity contribution in [1.29, 1.82) is 0 Å². The molecule has 1 aromatic carbocycles. The molecule has 0 amide bonds. The minimum atomic E-state index is -4.22. The third kappa shape index (κ3) is 4.43. The van der Waals surface area contributed by atoms with Crippen LogP contribution in [0.4, 0.5) is 8.78 Å². The number of benzene rings is 1. The molecule has 1 aromatic rings. The Labute approximate surface area is 128 Å². The van der Waals surface area contributed by atoms with Gasteiger partial charge >= 0.3 is 5.97 Å². The van der Waals surface area contributed by atoms with Crippen molar-refractivity contribution in [2.24, 2.45) is 0 Å². The Balaban J connectivity index is 3.12. The van der Waals surface area contributed by atoms with E-state index in [1.807, 2.05) is 0 Å². The number of aliphatic hydroxyl groups excluding tert-OH is 1. The monoisotopic (exact) mass is 387 g/mol. The average Bonchev–Trinajstić information content (AvgIpc) is 2.38. The quantitative estimate of drug-likeness (QED) is 0.683. The first-order chi connectivity index (χ1) is 9.56. The summed E-state index contributed by atoms with van der Waals surface area (Å²) in [6.07, 6.45) is -5.24. The fraction of sp³-hybridized carbons (Fsp3) is 0.364. The zero-order valence-corrected chi connectivity index (χ0v) is 13.1. The van der Waals surface area contributed by atoms with Gasteiger partial charge in [-0.25, -0.2) is 26.7 Å². The standard InChI is InChI=1S/C11H12BrF2NO5S/c1-5-7(11(17)18)2-6(3-8(5)12)21(19,20)15-4-9(16)10(13)14/h2-3,9-10,15-16H,4H2,1H3,(H,17,18). The van der Waals surface area contributed by atoms with E-state index in [9.17, 15) is 22.0 Å². The summed E-state index contributed by atoms with van der Waals surface area (Å²) in [7, 11) is -4.22. The predicted octanol–water partition coefficient (Wildman–Crippen LogP) is 1.36. The highest BCUT2D eigenvalue weighted by Gasteiger charge is 2.23. The van der Waals surface area contributed by atoms with Crippen molar-refractivity contribution < 1.29 is 32.2 Å². The zero-order chi connectivity index (χ0) is 16.4. The third-order valence-corrected chi connectivity index (χ3v) is 4.86. The second-order valence-corrected chi connectivity index (χ2v) is 6.76. The molecule has 0 aromatic heterocycles. The van der Waals surface area contributed by atoms with E-state index < -0.39 is 40.0 Å². The van der Waals surface area contributed by atoms with Gasteiger partial charge < -0.3 is 10.2 Å². The molecule has 3 N–H and O–H groups in total. The number of halogens is 3. The summed E-state index contributed by atoms with van der Waals surface area (Å²) >= 11 is 3.04. The molecular weight excluding hydrogens is 376 g/mol. The van der Waals surface area contributed by atoms with E-state index in [1.165, 1.54) is 6.92 Å². The Morgan fingerprint density at radius 1 is 1.43 bits per heavy atom. The summed E-state index contributed by atoms with van der Waals surface area (Å²) in [5.41, 5.74) is 0.0909. The van der Waals surface area contributed by atoms with Gasteiger partial charge in [0.2, 0.25) is 10.0 Å². The van der Waals surface area contributed by atoms with Crippen LogP contribution in [0.5, 0.6) is 0 Å². The van der Waals surface area contributed by atoms with Crippen molar-refractivity contribution in [3.8, 4) is 0 Å². The molecule has 0 aliphatic heterocycles. The van der Waals surface area contributed by atoms with Crippen molar-refractivity contribution in [2.75, 3.05) is 6.54 Å². The average molecular weight is 388 g/mol. The minimum absolute atomic E-state index is 0.237. The molecular formula is C11H12BrF2NO5S. The molecule has 1 rings (SSSR count). The van der Waals surface area contributed by atoms with Gasteiger partial charge in [0.1, 0.15) is 6.10 Å². The predicted molar refractivity (Wildman–Crippen MR) is 73.0 cm³/mol. The summed E-state index contributed by atoms with van der Waals surface area (Å²) in [5.74, 6) is -1.32. The molecule has 0 bridgehead atoms. The SMILES string of the molecule is Cc1c(Br)cc(S(=O)(=O)NCC(O)C(F)F)cc1C(=O)O. The Kier molecular flexibility index (Phi) is 5.79. The van der Waals surface area contributed by atoms with Crippen molar-refractivity contribution in [2.45, 2.75) is 24.3 Å². The maximum absolute atomic E-state index is 12.1. The van der Waals surface area contributed by atoms with Crippen LogP contribution in [0.3, 0.4) is 0 Å². The number of sulfonamides is 1. The van der Waals surface area contributed by atoms with Crippen LogP contribution >= 0.6 is 15.9 Å². The Morgan fingerprint density at radius 3 is 2.48 bits per heavy atom. The van der Waals surface area contributed by atoms with Crippen molar-refractivity contribution in [3.05, 3.63) is 27.7 Å². The van der Waals surface area contributed by atoms with E-state index in [-0.39, 0.29) is 10.0 Å². The van der Waals surface area contributed by atoms with Gasteiger partial charge in [-0.2, -0.15) is 0 Å². The maximum atomic E-state index is 12.1. The lowest BCUT2D eigenvalue weighted by Crippen LogP contribution is -2.35. The Hall–Kier alpha value is -1.10. The number of aliphatic hydroxyl groups is 1. The highest BCUT2D eigenvalue weighted by atomic mass is 79.9. The number of carbonyl (C=O) groups is 1. The van der Waals surface area contributed by atoms with Crippen LogP contribution in [0.25, 0.3) is 0 Å². The van der Waals surface area contributed by atoms with Crippen LogP contribution in [0.1, 0.15) is 15.9 Å². The maximum Gasteiger partial charge on any atom is 0.336 e. The topological polar surface area (TPSA) is 104 Å². The van der Waals surface area contributed by atoms with Crippen molar-refractivity contribution in [1.82, 2.24) is 4.72 Å². The summed E-state index contributed by atoms with van der Waals surface area (Å²) in [6, 6.07) is 2.07. The first-order valence-corrected chi connectivity index (χ1v) is 7.83. The number of carboxylic acids is 1. The number of aromatic carboxylic acids is 1. The number of carboxylic acid groups (broad SMARTS) is 1. The lowest BCUT2D eigenvalue weighted by molar-refractivity contribution is -0.000451. The van der Waals surface area contributed by atoms with Gasteiger partial charge in [0.05, 0.1) is 10.5 Å². The van der Waals surface area contributed by atoms with E-state index >= 15 is 0 Å². The van der Waals surface area contributed by atoms with E-state index in [0.29, 0.717) is 5.56 Å². The third-order valence-electron chi connectivity index (χ3n) is 2.63. The van der Waals surface area contributed by atoms with Gasteiger partial charge in [0.15, 0.2) is 0 Å². The highest BCUT2D eigenvalue weighted by molar-refractivity contribution is 9.10. The summed E-state index contributed by atoms with van der Waals surface area (Å²) < 4.78 is 50.1. The van der Waals surface area contributed by atoms with E-state index in [1.54, 1.807) is 4.72 Å². The van der Waals surface area contributed by atoms with E-state index in [0.717, 1.165) is 12.1 Å². The lowest BCUT2D eigenvalue weighted by atomic mass is 10.1. The Morgan fingerprint density at radius 2 is 2.00 bits per heavy atom. The summed E-state index contributed by atoms with van der Waals surface area (Å²) in [5, 5.41) is 17.9. The molecule has 6 nitrogen and oxygen atoms in total. The van der Waals surface area contributed by atoms with Gasteiger partial charge in [0, 0.05) is 11.0 Å². The Bertz CT molecular complexity index is 650. The lowest BCUT2D eigenvalue weighted by Gasteiger charge is -2.13. The first-order valence-electron chi connectivity index (χ1n) is 5.55. The molecule has 0 fully saturated rings. The van der Waals surface area contributed by atoms with Crippen molar-refractivity contribution >= 4 is 31.9 Å². The van der Waals surface area contributed by atoms with Crippen LogP contribution in [0.2, 0.25) is 0 Å². The fourth-order valence-corrected chi connectivity index (χ4v) is 3.11. The molecule has 0 radical (unpaired) electrons. The number of alkyl halides is 2. The van der Waals surface area contributed by atoms with Crippen LogP contribution in [0, 0.1) is 6.92 Å². The molecule has 10 heteroatoms. The van der Waals surface area contributed by atoms with E-state index in [2.05, 4.69) is 15.9 Å². The summed E-state index contributed by atoms with van der Waals surface area (Å²) in [4.78, 5) is 10.6. The van der Waals surface area contributed by atoms with Gasteiger partial charge in [0.25, 0.3) is 6.43 Å². The van der Waals surface area contributed by atoms with Gasteiger partial charge in [-0.05, 0) is 24.6 Å². The largest absolute Gasteiger partial charge is 0.478 e. The minimum Gasteiger partial charge on any atom is -0.478 e. The first kappa shape index (κ1) is 18.0. The fourth-order valence-electron chi connectivity index (χ4n) is 1.40. The molecule has 0 spiro atoms. The number of rotatable bonds is 6. The van der Waals surface area contributed by atoms with Crippen LogP contribution in [0.15, 0.2) is 21.5 Å². The molecule has 21 heavy (non-hydrogen) atoms. The highest BCUT2D eigenvalue weighted by Crippen LogP contribution is 2.25. The molecule has 118 valence electrons. The summed E-state index contributed by atoms with van der Waals surface area (Å²) in [6.45, 7) is 0.603. The number of hydrogen-bond acceptors (Lipinski definition) is 4. The molecule has 1 atom stereocenters. The molecule has 0 aliphatic carbocycles. The molecule has 0 aliphatic rings. The second kappa shape index (κ2) is 6.77. The van der Waals surface area contributed by atoms with Gasteiger partial charge in [-0.15, -0.1) is 0 Å². The zero-order valence-electron chi connectivity index (χ0n) is 10.7. The van der Waals surface area contributed by atoms with Crippen LogP contribution in [-0.2, 0) is 10.0 Å². The van der Waals surface area contributed by atoms with Crippen LogP contribution < -0.4 is 4.72 Å². The molecule has 0 saturated heterocycles. The van der Waals surface area contributed by atoms with Gasteiger partial charge in [-0.3, -0.25) is 0 Å². The van der Waals surface area contributed by atoms with Crippen molar-refractivity contribution in [3.63, 3.8) is 0 Å². The number of hydrogen-bond donors (Lipinski definition) is 3. The van der Waals surface area contributed by atoms with Gasteiger partial charge in [-0.1, -0.05) is 15.9 Å². The smallest absolute Gasteiger partial charge is 0.336 e. The molecule has 1 unspecified atom stereocenters. The normalized spacial score (nSPS) is 13.4. The second-order valence-electron chi connectivity index (χ2n) is 4.14. The molecule has 0 heterocycles. The number of nitrogens with one attached hydrogen (secondary N) is 1. The molecule has 0 saturated carbocycles.